The molecule has 5 heteroatoms. The topological polar surface area (TPSA) is 67.0 Å². The summed E-state index contributed by atoms with van der Waals surface area (Å²) in [4.78, 5) is 19.5. The van der Waals surface area contributed by atoms with Gasteiger partial charge in [0.1, 0.15) is 11.6 Å². The van der Waals surface area contributed by atoms with Crippen LogP contribution in [0.2, 0.25) is 0 Å². The molecule has 118 valence electrons. The van der Waals surface area contributed by atoms with Crippen LogP contribution in [-0.2, 0) is 11.3 Å². The number of carbonyl (C=O) groups is 1. The van der Waals surface area contributed by atoms with E-state index in [0.717, 1.165) is 22.4 Å². The monoisotopic (exact) mass is 309 g/mol. The highest BCUT2D eigenvalue weighted by Crippen LogP contribution is 2.16. The average molecular weight is 309 g/mol. The fourth-order valence-electron chi connectivity index (χ4n) is 2.28. The first-order valence-corrected chi connectivity index (χ1v) is 7.52. The highest BCUT2D eigenvalue weighted by molar-refractivity contribution is 5.78. The molecule has 0 saturated heterocycles. The van der Waals surface area contributed by atoms with Crippen LogP contribution in [-0.4, -0.2) is 22.5 Å². The molecule has 0 spiro atoms. The number of para-hydroxylation sites is 2. The lowest BCUT2D eigenvalue weighted by atomic mass is 10.1. The summed E-state index contributed by atoms with van der Waals surface area (Å²) in [6.45, 7) is 4.40. The number of fused-ring (bicyclic) bond motifs is 1. The zero-order valence-electron chi connectivity index (χ0n) is 13.2. The molecule has 1 amide bonds. The number of amides is 1. The number of imidazole rings is 1. The quantitative estimate of drug-likeness (QED) is 0.761. The molecule has 1 heterocycles. The molecule has 0 unspecified atom stereocenters. The summed E-state index contributed by atoms with van der Waals surface area (Å²) in [6, 6.07) is 13.5. The number of aromatic nitrogens is 2. The number of benzene rings is 2. The number of aromatic amines is 1. The van der Waals surface area contributed by atoms with Crippen molar-refractivity contribution in [1.82, 2.24) is 15.3 Å². The standard InChI is InChI=1S/C18H19N3O2/c1-12-7-8-14(9-13(12)2)23-11-18(22)19-10-17-20-15-5-3-4-6-16(15)21-17/h3-9H,10-11H2,1-2H3,(H,19,22)(H,20,21). The van der Waals surface area contributed by atoms with E-state index in [1.165, 1.54) is 5.56 Å². The molecule has 0 radical (unpaired) electrons. The maximum absolute atomic E-state index is 11.9. The Bertz CT molecular complexity index is 806. The van der Waals surface area contributed by atoms with Crippen molar-refractivity contribution < 1.29 is 9.53 Å². The van der Waals surface area contributed by atoms with Crippen molar-refractivity contribution in [2.24, 2.45) is 0 Å². The minimum absolute atomic E-state index is 0.0112. The van der Waals surface area contributed by atoms with Gasteiger partial charge in [0.05, 0.1) is 17.6 Å². The molecule has 0 aliphatic heterocycles. The number of hydrogen-bond donors (Lipinski definition) is 2. The fourth-order valence-corrected chi connectivity index (χ4v) is 2.28. The van der Waals surface area contributed by atoms with E-state index in [0.29, 0.717) is 12.3 Å². The number of rotatable bonds is 5. The third kappa shape index (κ3) is 3.69. The summed E-state index contributed by atoms with van der Waals surface area (Å²) in [7, 11) is 0. The third-order valence-corrected chi connectivity index (χ3v) is 3.74. The summed E-state index contributed by atoms with van der Waals surface area (Å²) < 4.78 is 5.51. The van der Waals surface area contributed by atoms with Gasteiger partial charge in [0.15, 0.2) is 6.61 Å². The van der Waals surface area contributed by atoms with Crippen LogP contribution in [0.1, 0.15) is 17.0 Å². The number of H-pyrrole nitrogens is 1. The van der Waals surface area contributed by atoms with E-state index in [1.807, 2.05) is 56.3 Å². The second-order valence-corrected chi connectivity index (χ2v) is 5.51. The molecule has 1 aromatic heterocycles. The minimum Gasteiger partial charge on any atom is -0.484 e. The van der Waals surface area contributed by atoms with Crippen molar-refractivity contribution in [1.29, 1.82) is 0 Å². The van der Waals surface area contributed by atoms with Crippen LogP contribution in [0.3, 0.4) is 0 Å². The lowest BCUT2D eigenvalue weighted by Crippen LogP contribution is -2.28. The molecule has 3 aromatic rings. The average Bonchev–Trinajstić information content (AvgIpc) is 2.97. The maximum atomic E-state index is 11.9. The Hall–Kier alpha value is -2.82. The zero-order valence-corrected chi connectivity index (χ0v) is 13.2. The van der Waals surface area contributed by atoms with E-state index in [-0.39, 0.29) is 12.5 Å². The van der Waals surface area contributed by atoms with Gasteiger partial charge in [0, 0.05) is 0 Å². The molecule has 2 aromatic carbocycles. The predicted octanol–water partition coefficient (Wildman–Crippen LogP) is 2.87. The van der Waals surface area contributed by atoms with Gasteiger partial charge in [-0.05, 0) is 49.2 Å². The number of hydrogen-bond acceptors (Lipinski definition) is 3. The molecule has 0 saturated carbocycles. The van der Waals surface area contributed by atoms with E-state index in [9.17, 15) is 4.79 Å². The second-order valence-electron chi connectivity index (χ2n) is 5.51. The van der Waals surface area contributed by atoms with Crippen molar-refractivity contribution in [2.75, 3.05) is 6.61 Å². The summed E-state index contributed by atoms with van der Waals surface area (Å²) in [6.07, 6.45) is 0. The molecule has 0 fully saturated rings. The fraction of sp³-hybridized carbons (Fsp3) is 0.222. The summed E-state index contributed by atoms with van der Waals surface area (Å²) in [5, 5.41) is 2.80. The van der Waals surface area contributed by atoms with E-state index in [2.05, 4.69) is 15.3 Å². The molecular weight excluding hydrogens is 290 g/mol. The van der Waals surface area contributed by atoms with E-state index < -0.39 is 0 Å². The van der Waals surface area contributed by atoms with E-state index in [4.69, 9.17) is 4.74 Å². The molecule has 0 aliphatic carbocycles. The molecule has 3 rings (SSSR count). The van der Waals surface area contributed by atoms with Crippen LogP contribution >= 0.6 is 0 Å². The Morgan fingerprint density at radius 2 is 2.00 bits per heavy atom. The molecule has 0 aliphatic rings. The van der Waals surface area contributed by atoms with Crippen molar-refractivity contribution in [3.05, 3.63) is 59.4 Å². The highest BCUT2D eigenvalue weighted by Gasteiger charge is 2.06. The summed E-state index contributed by atoms with van der Waals surface area (Å²) in [5.74, 6) is 1.25. The normalized spacial score (nSPS) is 10.7. The van der Waals surface area contributed by atoms with Crippen LogP contribution in [0.5, 0.6) is 5.75 Å². The second kappa shape index (κ2) is 6.52. The van der Waals surface area contributed by atoms with Crippen LogP contribution < -0.4 is 10.1 Å². The van der Waals surface area contributed by atoms with E-state index in [1.54, 1.807) is 0 Å². The SMILES string of the molecule is Cc1ccc(OCC(=O)NCc2nc3ccccc3[nH]2)cc1C. The third-order valence-electron chi connectivity index (χ3n) is 3.74. The number of aryl methyl sites for hydroxylation is 2. The van der Waals surface area contributed by atoms with Crippen molar-refractivity contribution in [3.8, 4) is 5.75 Å². The first-order valence-electron chi connectivity index (χ1n) is 7.52. The lowest BCUT2D eigenvalue weighted by Gasteiger charge is -2.08. The van der Waals surface area contributed by atoms with Crippen LogP contribution in [0.15, 0.2) is 42.5 Å². The summed E-state index contributed by atoms with van der Waals surface area (Å²) in [5.41, 5.74) is 4.20. The van der Waals surface area contributed by atoms with Crippen LogP contribution in [0.4, 0.5) is 0 Å². The molecule has 23 heavy (non-hydrogen) atoms. The smallest absolute Gasteiger partial charge is 0.258 e. The van der Waals surface area contributed by atoms with Gasteiger partial charge in [0.25, 0.3) is 5.91 Å². The molecule has 0 atom stereocenters. The number of nitrogens with one attached hydrogen (secondary N) is 2. The molecule has 2 N–H and O–H groups in total. The molecular formula is C18H19N3O2. The number of carbonyl (C=O) groups excluding carboxylic acids is 1. The number of nitrogens with zero attached hydrogens (tertiary/aromatic N) is 1. The lowest BCUT2D eigenvalue weighted by molar-refractivity contribution is -0.123. The predicted molar refractivity (Wildman–Crippen MR) is 89.4 cm³/mol. The largest absolute Gasteiger partial charge is 0.484 e. The Balaban J connectivity index is 1.52. The van der Waals surface area contributed by atoms with Crippen molar-refractivity contribution in [2.45, 2.75) is 20.4 Å². The first kappa shape index (κ1) is 15.1. The van der Waals surface area contributed by atoms with Gasteiger partial charge in [-0.15, -0.1) is 0 Å². The van der Waals surface area contributed by atoms with Gasteiger partial charge in [-0.2, -0.15) is 0 Å². The van der Waals surface area contributed by atoms with Crippen LogP contribution in [0, 0.1) is 13.8 Å². The minimum atomic E-state index is -0.177. The first-order chi connectivity index (χ1) is 11.1. The maximum Gasteiger partial charge on any atom is 0.258 e. The van der Waals surface area contributed by atoms with Crippen molar-refractivity contribution in [3.63, 3.8) is 0 Å². The summed E-state index contributed by atoms with van der Waals surface area (Å²) >= 11 is 0. The van der Waals surface area contributed by atoms with Gasteiger partial charge < -0.3 is 15.0 Å². The highest BCUT2D eigenvalue weighted by atomic mass is 16.5. The van der Waals surface area contributed by atoms with Gasteiger partial charge in [0.2, 0.25) is 0 Å². The van der Waals surface area contributed by atoms with Gasteiger partial charge in [-0.25, -0.2) is 4.98 Å². The number of ether oxygens (including phenoxy) is 1. The van der Waals surface area contributed by atoms with Gasteiger partial charge in [-0.3, -0.25) is 4.79 Å². The Labute approximate surface area is 134 Å². The molecule has 5 nitrogen and oxygen atoms in total. The van der Waals surface area contributed by atoms with Gasteiger partial charge >= 0.3 is 0 Å². The van der Waals surface area contributed by atoms with Crippen LogP contribution in [0.25, 0.3) is 11.0 Å². The zero-order chi connectivity index (χ0) is 16.2. The Morgan fingerprint density at radius 3 is 2.78 bits per heavy atom. The van der Waals surface area contributed by atoms with E-state index >= 15 is 0 Å². The Morgan fingerprint density at radius 1 is 1.17 bits per heavy atom. The Kier molecular flexibility index (Phi) is 4.28. The molecule has 0 bridgehead atoms. The van der Waals surface area contributed by atoms with Gasteiger partial charge in [-0.1, -0.05) is 18.2 Å². The van der Waals surface area contributed by atoms with Crippen molar-refractivity contribution >= 4 is 16.9 Å².